The minimum atomic E-state index is 0.940. The maximum Gasteiger partial charge on any atom is -0.0389 e. The Morgan fingerprint density at radius 3 is 1.88 bits per heavy atom. The van der Waals surface area contributed by atoms with E-state index >= 15 is 0 Å². The van der Waals surface area contributed by atoms with Gasteiger partial charge in [0, 0.05) is 0 Å². The van der Waals surface area contributed by atoms with E-state index in [1.165, 1.54) is 64.2 Å². The van der Waals surface area contributed by atoms with E-state index in [1.54, 1.807) is 0 Å². The predicted molar refractivity (Wildman–Crippen MR) is 75.8 cm³/mol. The van der Waals surface area contributed by atoms with Crippen molar-refractivity contribution in [2.75, 3.05) is 0 Å². The summed E-state index contributed by atoms with van der Waals surface area (Å²) in [6.45, 7) is 9.41. The molecule has 0 heterocycles. The van der Waals surface area contributed by atoms with Crippen LogP contribution in [0.2, 0.25) is 0 Å². The summed E-state index contributed by atoms with van der Waals surface area (Å²) < 4.78 is 0. The van der Waals surface area contributed by atoms with Gasteiger partial charge < -0.3 is 0 Å². The van der Waals surface area contributed by atoms with E-state index < -0.39 is 0 Å². The highest BCUT2D eigenvalue weighted by Crippen LogP contribution is 2.26. The summed E-state index contributed by atoms with van der Waals surface area (Å²) in [7, 11) is 0. The van der Waals surface area contributed by atoms with Gasteiger partial charge in [-0.1, -0.05) is 91.9 Å². The van der Waals surface area contributed by atoms with E-state index in [0.29, 0.717) is 0 Å². The first-order valence-corrected chi connectivity index (χ1v) is 7.76. The molecule has 2 unspecified atom stereocenters. The van der Waals surface area contributed by atoms with Crippen molar-refractivity contribution in [3.8, 4) is 0 Å². The lowest BCUT2D eigenvalue weighted by molar-refractivity contribution is 0.295. The first-order chi connectivity index (χ1) is 7.76. The van der Waals surface area contributed by atoms with Gasteiger partial charge in [0.25, 0.3) is 0 Å². The molecule has 0 aromatic carbocycles. The van der Waals surface area contributed by atoms with E-state index in [2.05, 4.69) is 27.7 Å². The molecule has 0 aliphatic carbocycles. The molecule has 0 radical (unpaired) electrons. The molecule has 0 aromatic rings. The van der Waals surface area contributed by atoms with Gasteiger partial charge in [0.05, 0.1) is 0 Å². The molecule has 0 aliphatic heterocycles. The van der Waals surface area contributed by atoms with Crippen LogP contribution in [0.25, 0.3) is 0 Å². The Morgan fingerprint density at radius 1 is 0.688 bits per heavy atom. The van der Waals surface area contributed by atoms with Gasteiger partial charge >= 0.3 is 0 Å². The molecule has 0 fully saturated rings. The van der Waals surface area contributed by atoms with Gasteiger partial charge in [0.2, 0.25) is 0 Å². The van der Waals surface area contributed by atoms with Crippen LogP contribution in [0.3, 0.4) is 0 Å². The van der Waals surface area contributed by atoms with Gasteiger partial charge in [-0.05, 0) is 11.8 Å². The van der Waals surface area contributed by atoms with Crippen molar-refractivity contribution < 1.29 is 0 Å². The van der Waals surface area contributed by atoms with Gasteiger partial charge in [0.15, 0.2) is 0 Å². The van der Waals surface area contributed by atoms with Crippen LogP contribution in [-0.4, -0.2) is 0 Å². The zero-order valence-corrected chi connectivity index (χ0v) is 12.2. The van der Waals surface area contributed by atoms with Crippen molar-refractivity contribution in [3.05, 3.63) is 0 Å². The zero-order valence-electron chi connectivity index (χ0n) is 12.2. The molecule has 0 N–H and O–H groups in total. The van der Waals surface area contributed by atoms with Crippen LogP contribution in [0.5, 0.6) is 0 Å². The molecule has 0 aliphatic rings. The lowest BCUT2D eigenvalue weighted by Crippen LogP contribution is -2.10. The second-order valence-electron chi connectivity index (χ2n) is 5.49. The van der Waals surface area contributed by atoms with Crippen molar-refractivity contribution in [3.63, 3.8) is 0 Å². The van der Waals surface area contributed by atoms with Gasteiger partial charge in [-0.15, -0.1) is 0 Å². The third kappa shape index (κ3) is 8.19. The fourth-order valence-corrected chi connectivity index (χ4v) is 2.60. The summed E-state index contributed by atoms with van der Waals surface area (Å²) >= 11 is 0. The fourth-order valence-electron chi connectivity index (χ4n) is 2.60. The number of hydrogen-bond donors (Lipinski definition) is 0. The van der Waals surface area contributed by atoms with Crippen molar-refractivity contribution in [2.45, 2.75) is 91.9 Å². The molecule has 0 bridgehead atoms. The second kappa shape index (κ2) is 11.5. The summed E-state index contributed by atoms with van der Waals surface area (Å²) in [5, 5.41) is 0. The highest BCUT2D eigenvalue weighted by molar-refractivity contribution is 4.65. The first-order valence-electron chi connectivity index (χ1n) is 7.76. The van der Waals surface area contributed by atoms with Crippen LogP contribution in [0.15, 0.2) is 0 Å². The molecule has 0 aromatic heterocycles. The lowest BCUT2D eigenvalue weighted by atomic mass is 9.84. The maximum absolute atomic E-state index is 2.44. The average molecular weight is 226 g/mol. The summed E-state index contributed by atoms with van der Waals surface area (Å²) in [6.07, 6.45) is 14.3. The average Bonchev–Trinajstić information content (AvgIpc) is 2.31. The van der Waals surface area contributed by atoms with E-state index in [9.17, 15) is 0 Å². The summed E-state index contributed by atoms with van der Waals surface area (Å²) in [5.41, 5.74) is 0. The molecule has 16 heavy (non-hydrogen) atoms. The van der Waals surface area contributed by atoms with Crippen LogP contribution < -0.4 is 0 Å². The molecule has 0 rings (SSSR count). The van der Waals surface area contributed by atoms with Gasteiger partial charge in [-0.3, -0.25) is 0 Å². The molecular formula is C16H34. The number of rotatable bonds is 11. The van der Waals surface area contributed by atoms with Crippen molar-refractivity contribution in [2.24, 2.45) is 11.8 Å². The molecule has 0 spiro atoms. The maximum atomic E-state index is 2.44. The largest absolute Gasteiger partial charge is 0.0654 e. The Hall–Kier alpha value is 0. The third-order valence-electron chi connectivity index (χ3n) is 4.04. The smallest absolute Gasteiger partial charge is 0.0389 e. The summed E-state index contributed by atoms with van der Waals surface area (Å²) in [4.78, 5) is 0. The lowest BCUT2D eigenvalue weighted by Gasteiger charge is -2.22. The highest BCUT2D eigenvalue weighted by atomic mass is 14.2. The first kappa shape index (κ1) is 16.0. The van der Waals surface area contributed by atoms with Crippen molar-refractivity contribution >= 4 is 0 Å². The topological polar surface area (TPSA) is 0 Å². The van der Waals surface area contributed by atoms with Gasteiger partial charge in [-0.25, -0.2) is 0 Å². The zero-order chi connectivity index (χ0) is 12.2. The summed E-state index contributed by atoms with van der Waals surface area (Å²) in [6, 6.07) is 0. The molecule has 2 atom stereocenters. The molecule has 0 saturated heterocycles. The molecule has 0 amide bonds. The Kier molecular flexibility index (Phi) is 11.5. The van der Waals surface area contributed by atoms with Crippen LogP contribution in [0.4, 0.5) is 0 Å². The molecule has 0 heteroatoms. The van der Waals surface area contributed by atoms with Crippen LogP contribution >= 0.6 is 0 Å². The van der Waals surface area contributed by atoms with E-state index in [1.807, 2.05) is 0 Å². The SMILES string of the molecule is CCCCCCCCC(CCC)C(C)CC. The normalized spacial score (nSPS) is 15.0. The molecule has 98 valence electrons. The standard InChI is InChI=1S/C16H34/c1-5-8-9-10-11-12-14-16(13-6-2)15(4)7-3/h15-16H,5-14H2,1-4H3. The molecular weight excluding hydrogens is 192 g/mol. The van der Waals surface area contributed by atoms with Gasteiger partial charge in [0.1, 0.15) is 0 Å². The fraction of sp³-hybridized carbons (Fsp3) is 1.00. The Bertz CT molecular complexity index is 128. The van der Waals surface area contributed by atoms with Crippen molar-refractivity contribution in [1.82, 2.24) is 0 Å². The molecule has 0 saturated carbocycles. The molecule has 0 nitrogen and oxygen atoms in total. The Labute approximate surface area is 104 Å². The Morgan fingerprint density at radius 2 is 1.31 bits per heavy atom. The van der Waals surface area contributed by atoms with Gasteiger partial charge in [-0.2, -0.15) is 0 Å². The van der Waals surface area contributed by atoms with Crippen LogP contribution in [0.1, 0.15) is 91.9 Å². The van der Waals surface area contributed by atoms with Crippen molar-refractivity contribution in [1.29, 1.82) is 0 Å². The van der Waals surface area contributed by atoms with E-state index in [4.69, 9.17) is 0 Å². The Balaban J connectivity index is 3.52. The second-order valence-corrected chi connectivity index (χ2v) is 5.49. The minimum Gasteiger partial charge on any atom is -0.0654 e. The number of hydrogen-bond acceptors (Lipinski definition) is 0. The van der Waals surface area contributed by atoms with E-state index in [0.717, 1.165) is 11.8 Å². The van der Waals surface area contributed by atoms with Crippen LogP contribution in [0, 0.1) is 11.8 Å². The highest BCUT2D eigenvalue weighted by Gasteiger charge is 2.13. The minimum absolute atomic E-state index is 0.940. The quantitative estimate of drug-likeness (QED) is 0.368. The third-order valence-corrected chi connectivity index (χ3v) is 4.04. The monoisotopic (exact) mass is 226 g/mol. The summed E-state index contributed by atoms with van der Waals surface area (Å²) in [5.74, 6) is 1.94. The number of unbranched alkanes of at least 4 members (excludes halogenated alkanes) is 5. The van der Waals surface area contributed by atoms with E-state index in [-0.39, 0.29) is 0 Å². The van der Waals surface area contributed by atoms with Crippen LogP contribution in [-0.2, 0) is 0 Å². The predicted octanol–water partition coefficient (Wildman–Crippen LogP) is 6.20.